The molecule has 0 aromatic carbocycles. The van der Waals surface area contributed by atoms with E-state index in [1.165, 1.54) is 51.4 Å². The van der Waals surface area contributed by atoms with Crippen LogP contribution in [0, 0.1) is 29.1 Å². The molecule has 0 saturated heterocycles. The first kappa shape index (κ1) is 17.3. The van der Waals surface area contributed by atoms with Crippen LogP contribution < -0.4 is 5.32 Å². The van der Waals surface area contributed by atoms with Crippen LogP contribution in [0.15, 0.2) is 0 Å². The van der Waals surface area contributed by atoms with E-state index in [0.29, 0.717) is 5.41 Å². The zero-order valence-electron chi connectivity index (χ0n) is 15.3. The summed E-state index contributed by atoms with van der Waals surface area (Å²) >= 11 is 0. The minimum absolute atomic E-state index is 0.515. The van der Waals surface area contributed by atoms with Gasteiger partial charge in [-0.2, -0.15) is 0 Å². The average Bonchev–Trinajstić information content (AvgIpc) is 2.47. The van der Waals surface area contributed by atoms with Crippen molar-refractivity contribution in [3.8, 4) is 0 Å². The molecule has 5 atom stereocenters. The first-order valence-corrected chi connectivity index (χ1v) is 9.72. The van der Waals surface area contributed by atoms with Crippen molar-refractivity contribution in [3.05, 3.63) is 0 Å². The van der Waals surface area contributed by atoms with Crippen LogP contribution in [-0.4, -0.2) is 12.6 Å². The summed E-state index contributed by atoms with van der Waals surface area (Å²) in [5.41, 5.74) is 0.515. The van der Waals surface area contributed by atoms with Gasteiger partial charge < -0.3 is 5.32 Å². The summed E-state index contributed by atoms with van der Waals surface area (Å²) in [4.78, 5) is 0. The molecule has 1 nitrogen and oxygen atoms in total. The zero-order valence-corrected chi connectivity index (χ0v) is 15.3. The second-order valence-corrected chi connectivity index (χ2v) is 8.65. The minimum atomic E-state index is 0.515. The maximum absolute atomic E-state index is 3.84. The Morgan fingerprint density at radius 1 is 1.00 bits per heavy atom. The average molecular weight is 294 g/mol. The Morgan fingerprint density at radius 3 is 2.43 bits per heavy atom. The first-order valence-electron chi connectivity index (χ1n) is 9.72. The van der Waals surface area contributed by atoms with Gasteiger partial charge in [-0.25, -0.2) is 0 Å². The van der Waals surface area contributed by atoms with Crippen molar-refractivity contribution in [2.24, 2.45) is 29.1 Å². The van der Waals surface area contributed by atoms with E-state index in [4.69, 9.17) is 0 Å². The predicted molar refractivity (Wildman–Crippen MR) is 93.5 cm³/mol. The maximum atomic E-state index is 3.84. The van der Waals surface area contributed by atoms with E-state index in [9.17, 15) is 0 Å². The molecule has 2 fully saturated rings. The molecule has 5 unspecified atom stereocenters. The second-order valence-electron chi connectivity index (χ2n) is 8.65. The summed E-state index contributed by atoms with van der Waals surface area (Å²) in [5.74, 6) is 3.75. The Morgan fingerprint density at radius 2 is 1.76 bits per heavy atom. The van der Waals surface area contributed by atoms with E-state index in [2.05, 4.69) is 39.9 Å². The summed E-state index contributed by atoms with van der Waals surface area (Å²) < 4.78 is 0. The first-order chi connectivity index (χ1) is 9.98. The SMILES string of the molecule is CCNC1CC(C)CCC1C(C)(C)C1CCCC(CC)C1. The second kappa shape index (κ2) is 7.49. The summed E-state index contributed by atoms with van der Waals surface area (Å²) in [6.07, 6.45) is 11.6. The Labute approximate surface area is 133 Å². The quantitative estimate of drug-likeness (QED) is 0.691. The largest absolute Gasteiger partial charge is 0.314 e. The minimum Gasteiger partial charge on any atom is -0.314 e. The lowest BCUT2D eigenvalue weighted by Gasteiger charge is -2.50. The van der Waals surface area contributed by atoms with Crippen molar-refractivity contribution in [2.75, 3.05) is 6.54 Å². The van der Waals surface area contributed by atoms with Gasteiger partial charge in [0.2, 0.25) is 0 Å². The molecule has 0 spiro atoms. The fraction of sp³-hybridized carbons (Fsp3) is 1.00. The molecule has 0 bridgehead atoms. The fourth-order valence-corrected chi connectivity index (χ4v) is 5.40. The smallest absolute Gasteiger partial charge is 0.0103 e. The summed E-state index contributed by atoms with van der Waals surface area (Å²) in [6.45, 7) is 13.4. The number of nitrogens with one attached hydrogen (secondary N) is 1. The summed E-state index contributed by atoms with van der Waals surface area (Å²) in [6, 6.07) is 0.760. The van der Waals surface area contributed by atoms with E-state index in [-0.39, 0.29) is 0 Å². The van der Waals surface area contributed by atoms with E-state index < -0.39 is 0 Å². The highest BCUT2D eigenvalue weighted by Crippen LogP contribution is 2.50. The van der Waals surface area contributed by atoms with Crippen LogP contribution in [0.3, 0.4) is 0 Å². The molecule has 0 heterocycles. The van der Waals surface area contributed by atoms with Gasteiger partial charge >= 0.3 is 0 Å². The topological polar surface area (TPSA) is 12.0 Å². The lowest BCUT2D eigenvalue weighted by Crippen LogP contribution is -2.49. The van der Waals surface area contributed by atoms with E-state index >= 15 is 0 Å². The molecule has 124 valence electrons. The van der Waals surface area contributed by atoms with Crippen molar-refractivity contribution in [1.82, 2.24) is 5.32 Å². The molecule has 2 aliphatic rings. The zero-order chi connectivity index (χ0) is 15.5. The van der Waals surface area contributed by atoms with Crippen LogP contribution in [0.1, 0.15) is 86.0 Å². The summed E-state index contributed by atoms with van der Waals surface area (Å²) in [5, 5.41) is 3.84. The van der Waals surface area contributed by atoms with Crippen LogP contribution >= 0.6 is 0 Å². The third-order valence-electron chi connectivity index (χ3n) is 6.95. The molecule has 0 radical (unpaired) electrons. The highest BCUT2D eigenvalue weighted by Gasteiger charge is 2.44. The third-order valence-corrected chi connectivity index (χ3v) is 6.95. The van der Waals surface area contributed by atoms with Gasteiger partial charge in [0.1, 0.15) is 0 Å². The van der Waals surface area contributed by atoms with Gasteiger partial charge in [0, 0.05) is 6.04 Å². The van der Waals surface area contributed by atoms with E-state index in [0.717, 1.165) is 36.3 Å². The molecule has 1 N–H and O–H groups in total. The van der Waals surface area contributed by atoms with Crippen LogP contribution in [0.4, 0.5) is 0 Å². The lowest BCUT2D eigenvalue weighted by atomic mass is 9.57. The Balaban J connectivity index is 2.08. The van der Waals surface area contributed by atoms with Crippen molar-refractivity contribution in [2.45, 2.75) is 92.0 Å². The van der Waals surface area contributed by atoms with Gasteiger partial charge in [0.15, 0.2) is 0 Å². The molecule has 2 aliphatic carbocycles. The van der Waals surface area contributed by atoms with Gasteiger partial charge in [-0.3, -0.25) is 0 Å². The monoisotopic (exact) mass is 293 g/mol. The van der Waals surface area contributed by atoms with Gasteiger partial charge in [-0.05, 0) is 61.3 Å². The van der Waals surface area contributed by atoms with Gasteiger partial charge in [-0.15, -0.1) is 0 Å². The molecule has 0 amide bonds. The van der Waals surface area contributed by atoms with Crippen molar-refractivity contribution in [1.29, 1.82) is 0 Å². The predicted octanol–water partition coefficient (Wildman–Crippen LogP) is 5.64. The molecule has 21 heavy (non-hydrogen) atoms. The highest BCUT2D eigenvalue weighted by atomic mass is 14.9. The van der Waals surface area contributed by atoms with Crippen LogP contribution in [0.25, 0.3) is 0 Å². The molecule has 2 rings (SSSR count). The molecular formula is C20H39N. The Bertz CT molecular complexity index is 309. The van der Waals surface area contributed by atoms with E-state index in [1.54, 1.807) is 0 Å². The standard InChI is InChI=1S/C20H39N/c1-6-16-9-8-10-17(14-16)20(4,5)18-12-11-15(3)13-19(18)21-7-2/h15-19,21H,6-14H2,1-5H3. The molecule has 2 saturated carbocycles. The Kier molecular flexibility index (Phi) is 6.17. The third kappa shape index (κ3) is 4.03. The Hall–Kier alpha value is -0.0400. The van der Waals surface area contributed by atoms with Crippen LogP contribution in [0.2, 0.25) is 0 Å². The van der Waals surface area contributed by atoms with Crippen LogP contribution in [0.5, 0.6) is 0 Å². The molecule has 1 heteroatoms. The molecule has 0 aromatic heterocycles. The van der Waals surface area contributed by atoms with Crippen molar-refractivity contribution >= 4 is 0 Å². The normalized spacial score (nSPS) is 38.4. The highest BCUT2D eigenvalue weighted by molar-refractivity contribution is 4.96. The fourth-order valence-electron chi connectivity index (χ4n) is 5.40. The van der Waals surface area contributed by atoms with Gasteiger partial charge in [0.25, 0.3) is 0 Å². The number of hydrogen-bond donors (Lipinski definition) is 1. The van der Waals surface area contributed by atoms with Gasteiger partial charge in [-0.1, -0.05) is 60.3 Å². The molecule has 0 aliphatic heterocycles. The van der Waals surface area contributed by atoms with Crippen molar-refractivity contribution in [3.63, 3.8) is 0 Å². The van der Waals surface area contributed by atoms with Gasteiger partial charge in [0.05, 0.1) is 0 Å². The lowest BCUT2D eigenvalue weighted by molar-refractivity contribution is 0.0147. The molecular weight excluding hydrogens is 254 g/mol. The number of hydrogen-bond acceptors (Lipinski definition) is 1. The number of rotatable bonds is 5. The summed E-state index contributed by atoms with van der Waals surface area (Å²) in [7, 11) is 0. The maximum Gasteiger partial charge on any atom is 0.0103 e. The van der Waals surface area contributed by atoms with E-state index in [1.807, 2.05) is 0 Å². The van der Waals surface area contributed by atoms with Crippen molar-refractivity contribution < 1.29 is 0 Å². The van der Waals surface area contributed by atoms with Crippen LogP contribution in [-0.2, 0) is 0 Å². The molecule has 0 aromatic rings.